The molecular weight excluding hydrogens is 497 g/mol. The Hall–Kier alpha value is -4.08. The molecule has 36 heavy (non-hydrogen) atoms. The van der Waals surface area contributed by atoms with E-state index in [-0.39, 0.29) is 43.0 Å². The average molecular weight is 512 g/mol. The number of rotatable bonds is 2. The number of aryl methyl sites for hydroxylation is 1. The molecule has 1 atom stereocenters. The first-order valence-corrected chi connectivity index (χ1v) is 10.3. The molecule has 2 aromatic carbocycles. The van der Waals surface area contributed by atoms with Crippen LogP contribution < -0.4 is 10.6 Å². The minimum atomic E-state index is -5.16. The quantitative estimate of drug-likeness (QED) is 0.388. The summed E-state index contributed by atoms with van der Waals surface area (Å²) in [6.45, 7) is -0.363. The number of hydrogen-bond donors (Lipinski definition) is 1. The molecule has 0 radical (unpaired) electrons. The van der Waals surface area contributed by atoms with Gasteiger partial charge in [-0.05, 0) is 60.2 Å². The van der Waals surface area contributed by atoms with Crippen molar-refractivity contribution in [2.75, 3.05) is 17.2 Å². The number of carbonyl (C=O) groups excluding carboxylic acids is 1. The van der Waals surface area contributed by atoms with Crippen LogP contribution >= 0.6 is 0 Å². The van der Waals surface area contributed by atoms with Crippen molar-refractivity contribution in [1.29, 1.82) is 0 Å². The molecule has 0 saturated heterocycles. The number of carbonyl (C=O) groups is 1. The predicted molar refractivity (Wildman–Crippen MR) is 112 cm³/mol. The number of halogens is 7. The van der Waals surface area contributed by atoms with E-state index in [1.807, 2.05) is 0 Å². The van der Waals surface area contributed by atoms with E-state index < -0.39 is 46.7 Å². The summed E-state index contributed by atoms with van der Waals surface area (Å²) in [5.74, 6) is 1.93. The molecule has 1 amide bonds. The summed E-state index contributed by atoms with van der Waals surface area (Å²) in [5.41, 5.74) is 2.18. The van der Waals surface area contributed by atoms with Crippen LogP contribution in [0, 0.1) is 17.7 Å². The van der Waals surface area contributed by atoms with Gasteiger partial charge >= 0.3 is 18.4 Å². The number of alkyl halides is 6. The Labute approximate surface area is 198 Å². The number of benzene rings is 2. The standard InChI is InChI=1S/C23H15F7N4O2/c24-14-5-8-18-12(10-14)3-6-16(20(35)34(18)9-1-2-19-32-33-21(31)36-19)15-7-4-13(22(25,26)27)11-17(15)23(28,29)30/h4-5,7-8,10-11,16H,3,6,9H2,(H2,31,33). The fourth-order valence-corrected chi connectivity index (χ4v) is 3.96. The lowest BCUT2D eigenvalue weighted by Gasteiger charge is -2.26. The molecule has 3 aromatic rings. The van der Waals surface area contributed by atoms with Crippen LogP contribution in [0.5, 0.6) is 0 Å². The zero-order chi connectivity index (χ0) is 26.3. The molecule has 1 aromatic heterocycles. The maximum Gasteiger partial charge on any atom is 0.416 e. The Morgan fingerprint density at radius 3 is 2.44 bits per heavy atom. The maximum absolute atomic E-state index is 13.9. The highest BCUT2D eigenvalue weighted by Gasteiger charge is 2.42. The number of nitrogen functional groups attached to an aromatic ring is 1. The summed E-state index contributed by atoms with van der Waals surface area (Å²) in [6, 6.07) is 4.40. The fraction of sp³-hybridized carbons (Fsp3) is 0.261. The van der Waals surface area contributed by atoms with Crippen molar-refractivity contribution >= 4 is 17.6 Å². The minimum absolute atomic E-state index is 0.00800. The van der Waals surface area contributed by atoms with E-state index in [1.165, 1.54) is 6.07 Å². The number of hydrogen-bond acceptors (Lipinski definition) is 5. The van der Waals surface area contributed by atoms with Crippen molar-refractivity contribution in [2.45, 2.75) is 31.1 Å². The van der Waals surface area contributed by atoms with Crippen LogP contribution in [0.4, 0.5) is 42.4 Å². The van der Waals surface area contributed by atoms with Crippen molar-refractivity contribution in [3.05, 3.63) is 70.4 Å². The van der Waals surface area contributed by atoms with Crippen molar-refractivity contribution in [3.63, 3.8) is 0 Å². The first kappa shape index (κ1) is 25.0. The predicted octanol–water partition coefficient (Wildman–Crippen LogP) is 4.94. The van der Waals surface area contributed by atoms with Gasteiger partial charge in [0.25, 0.3) is 5.89 Å². The largest absolute Gasteiger partial charge is 0.416 e. The number of nitrogens with two attached hydrogens (primary N) is 1. The second-order valence-corrected chi connectivity index (χ2v) is 7.83. The van der Waals surface area contributed by atoms with Gasteiger partial charge in [-0.15, -0.1) is 0 Å². The van der Waals surface area contributed by atoms with E-state index in [1.54, 1.807) is 0 Å². The molecule has 0 aliphatic carbocycles. The van der Waals surface area contributed by atoms with Crippen LogP contribution in [0.15, 0.2) is 40.8 Å². The smallest absolute Gasteiger partial charge is 0.396 e. The van der Waals surface area contributed by atoms with Gasteiger partial charge in [0.15, 0.2) is 0 Å². The first-order valence-electron chi connectivity index (χ1n) is 10.3. The van der Waals surface area contributed by atoms with Crippen LogP contribution in [0.2, 0.25) is 0 Å². The average Bonchev–Trinajstić information content (AvgIpc) is 3.15. The molecule has 0 fully saturated rings. The van der Waals surface area contributed by atoms with Crippen LogP contribution in [-0.4, -0.2) is 22.6 Å². The Morgan fingerprint density at radius 2 is 1.81 bits per heavy atom. The minimum Gasteiger partial charge on any atom is -0.396 e. The van der Waals surface area contributed by atoms with Crippen molar-refractivity contribution in [1.82, 2.24) is 10.2 Å². The molecule has 13 heteroatoms. The lowest BCUT2D eigenvalue weighted by atomic mass is 9.88. The van der Waals surface area contributed by atoms with Gasteiger partial charge in [0.1, 0.15) is 5.82 Å². The Morgan fingerprint density at radius 1 is 1.06 bits per heavy atom. The molecule has 0 spiro atoms. The van der Waals surface area contributed by atoms with E-state index in [2.05, 4.69) is 22.0 Å². The highest BCUT2D eigenvalue weighted by Crippen LogP contribution is 2.42. The number of nitrogens with zero attached hydrogens (tertiary/aromatic N) is 3. The normalized spacial score (nSPS) is 16.2. The lowest BCUT2D eigenvalue weighted by molar-refractivity contribution is -0.143. The Bertz CT molecular complexity index is 1370. The molecule has 0 bridgehead atoms. The van der Waals surface area contributed by atoms with Gasteiger partial charge in [-0.3, -0.25) is 9.69 Å². The highest BCUT2D eigenvalue weighted by atomic mass is 19.4. The van der Waals surface area contributed by atoms with Crippen LogP contribution in [0.1, 0.15) is 40.5 Å². The lowest BCUT2D eigenvalue weighted by Crippen LogP contribution is -2.35. The molecule has 2 heterocycles. The van der Waals surface area contributed by atoms with E-state index in [0.29, 0.717) is 17.7 Å². The summed E-state index contributed by atoms with van der Waals surface area (Å²) < 4.78 is 99.6. The fourth-order valence-electron chi connectivity index (χ4n) is 3.96. The zero-order valence-corrected chi connectivity index (χ0v) is 18.0. The van der Waals surface area contributed by atoms with Gasteiger partial charge in [-0.1, -0.05) is 22.2 Å². The van der Waals surface area contributed by atoms with Gasteiger partial charge in [-0.2, -0.15) is 26.3 Å². The van der Waals surface area contributed by atoms with Crippen LogP contribution in [0.3, 0.4) is 0 Å². The third kappa shape index (κ3) is 5.12. The number of aromatic nitrogens is 2. The molecule has 1 unspecified atom stereocenters. The number of fused-ring (bicyclic) bond motifs is 1. The van der Waals surface area contributed by atoms with Crippen molar-refractivity contribution in [3.8, 4) is 11.8 Å². The summed E-state index contributed by atoms with van der Waals surface area (Å²) in [7, 11) is 0. The third-order valence-corrected chi connectivity index (χ3v) is 5.53. The van der Waals surface area contributed by atoms with Gasteiger partial charge in [0.2, 0.25) is 5.91 Å². The summed E-state index contributed by atoms with van der Waals surface area (Å²) in [6.07, 6.45) is -10.4. The van der Waals surface area contributed by atoms with E-state index in [0.717, 1.165) is 17.0 Å². The Balaban J connectivity index is 1.78. The molecular formula is C23H15F7N4O2. The highest BCUT2D eigenvalue weighted by molar-refractivity contribution is 6.00. The molecule has 1 aliphatic rings. The van der Waals surface area contributed by atoms with Gasteiger partial charge in [-0.25, -0.2) is 4.39 Å². The molecule has 6 nitrogen and oxygen atoms in total. The zero-order valence-electron chi connectivity index (χ0n) is 18.0. The van der Waals surface area contributed by atoms with Gasteiger partial charge < -0.3 is 10.2 Å². The second kappa shape index (κ2) is 9.18. The SMILES string of the molecule is Nc1nnc(C#CCN2C(=O)C(c3ccc(C(F)(F)F)cc3C(F)(F)F)CCc3cc(F)ccc32)o1. The molecule has 2 N–H and O–H groups in total. The summed E-state index contributed by atoms with van der Waals surface area (Å²) >= 11 is 0. The topological polar surface area (TPSA) is 85.2 Å². The van der Waals surface area contributed by atoms with E-state index in [9.17, 15) is 35.5 Å². The van der Waals surface area contributed by atoms with Crippen LogP contribution in [0.25, 0.3) is 0 Å². The second-order valence-electron chi connectivity index (χ2n) is 7.83. The van der Waals surface area contributed by atoms with Gasteiger partial charge in [0, 0.05) is 5.69 Å². The number of anilines is 2. The van der Waals surface area contributed by atoms with E-state index in [4.69, 9.17) is 10.2 Å². The summed E-state index contributed by atoms with van der Waals surface area (Å²) in [4.78, 5) is 14.6. The molecule has 1 aliphatic heterocycles. The van der Waals surface area contributed by atoms with Crippen LogP contribution in [-0.2, 0) is 23.6 Å². The number of amides is 1. The molecule has 0 saturated carbocycles. The first-order chi connectivity index (χ1) is 16.8. The van der Waals surface area contributed by atoms with Gasteiger partial charge in [0.05, 0.1) is 23.6 Å². The van der Waals surface area contributed by atoms with Crippen molar-refractivity contribution in [2.24, 2.45) is 0 Å². The monoisotopic (exact) mass is 512 g/mol. The maximum atomic E-state index is 13.9. The Kier molecular flexibility index (Phi) is 6.38. The van der Waals surface area contributed by atoms with E-state index >= 15 is 0 Å². The van der Waals surface area contributed by atoms with Crippen molar-refractivity contribution < 1.29 is 39.9 Å². The molecule has 4 rings (SSSR count). The summed E-state index contributed by atoms with van der Waals surface area (Å²) in [5, 5.41) is 6.95. The third-order valence-electron chi connectivity index (χ3n) is 5.53. The molecule has 188 valence electrons.